The van der Waals surface area contributed by atoms with Crippen LogP contribution >= 0.6 is 0 Å². The van der Waals surface area contributed by atoms with Gasteiger partial charge in [-0.15, -0.1) is 0 Å². The van der Waals surface area contributed by atoms with E-state index in [4.69, 9.17) is 0 Å². The molecule has 61 valence electrons. The Morgan fingerprint density at radius 3 is 2.42 bits per heavy atom. The molecular weight excluding hydrogens is 237 g/mol. The van der Waals surface area contributed by atoms with Crippen molar-refractivity contribution in [3.63, 3.8) is 0 Å². The summed E-state index contributed by atoms with van der Waals surface area (Å²) >= 11 is 1.59. The van der Waals surface area contributed by atoms with Crippen LogP contribution in [0.1, 0.15) is 14.8 Å². The van der Waals surface area contributed by atoms with Crippen molar-refractivity contribution in [3.05, 3.63) is 41.5 Å². The van der Waals surface area contributed by atoms with Crippen LogP contribution in [0.2, 0.25) is 0 Å². The number of hydrogen-bond donors (Lipinski definition) is 0. The molecule has 0 heterocycles. The Hall–Kier alpha value is -0.297. The van der Waals surface area contributed by atoms with Crippen LogP contribution < -0.4 is 9.41 Å². The van der Waals surface area contributed by atoms with Gasteiger partial charge >= 0.3 is 75.9 Å². The van der Waals surface area contributed by atoms with Crippen molar-refractivity contribution >= 4 is 6.08 Å². The molecule has 0 saturated heterocycles. The fourth-order valence-electron chi connectivity index (χ4n) is 1.25. The summed E-state index contributed by atoms with van der Waals surface area (Å²) in [5, 5.41) is 0. The fraction of sp³-hybridized carbons (Fsp3) is 0.111. The number of halogens is 2. The summed E-state index contributed by atoms with van der Waals surface area (Å²) in [5.41, 5.74) is 2.91. The minimum atomic E-state index is 0. The Balaban J connectivity index is 0.000000605. The van der Waals surface area contributed by atoms with Crippen molar-refractivity contribution in [3.8, 4) is 0 Å². The van der Waals surface area contributed by atoms with Crippen LogP contribution in [-0.4, -0.2) is 0 Å². The average Bonchev–Trinajstić information content (AvgIpc) is 2.34. The number of hydrogen-bond acceptors (Lipinski definition) is 0. The second-order valence-corrected chi connectivity index (χ2v) is 3.99. The van der Waals surface area contributed by atoms with E-state index in [9.17, 15) is 0 Å². The van der Waals surface area contributed by atoms with Crippen molar-refractivity contribution in [1.29, 1.82) is 0 Å². The van der Waals surface area contributed by atoms with Crippen LogP contribution in [0.15, 0.2) is 30.3 Å². The Bertz CT molecular complexity index is 284. The van der Waals surface area contributed by atoms with Crippen LogP contribution in [0, 0.1) is 0 Å². The molecule has 1 aromatic rings. The monoisotopic (exact) mass is 243 g/mol. The first kappa shape index (κ1) is 11.7. The first-order chi connectivity index (χ1) is 4.88. The predicted octanol–water partition coefficient (Wildman–Crippen LogP) is -3.69. The zero-order valence-electron chi connectivity index (χ0n) is 6.30. The molecule has 0 bridgehead atoms. The van der Waals surface area contributed by atoms with E-state index < -0.39 is 0 Å². The molecule has 0 spiro atoms. The van der Waals surface area contributed by atoms with Gasteiger partial charge in [-0.1, -0.05) is 0 Å². The molecule has 0 saturated carbocycles. The maximum absolute atomic E-state index is 2.28. The van der Waals surface area contributed by atoms with Crippen molar-refractivity contribution in [2.24, 2.45) is 0 Å². The number of rotatable bonds is 0. The van der Waals surface area contributed by atoms with Crippen molar-refractivity contribution < 1.29 is 34.1 Å². The third-order valence-corrected chi connectivity index (χ3v) is 3.04. The topological polar surface area (TPSA) is 0 Å². The zero-order valence-corrected chi connectivity index (χ0v) is 8.76. The summed E-state index contributed by atoms with van der Waals surface area (Å²) in [5.74, 6) is 0. The minimum absolute atomic E-state index is 0. The van der Waals surface area contributed by atoms with Gasteiger partial charge in [0.1, 0.15) is 0 Å². The molecule has 0 aromatic heterocycles. The summed E-state index contributed by atoms with van der Waals surface area (Å²) in [7, 11) is 0. The van der Waals surface area contributed by atoms with Crippen LogP contribution in [0.4, 0.5) is 0 Å². The van der Waals surface area contributed by atoms with Gasteiger partial charge in [-0.05, 0) is 0 Å². The standard InChI is InChI=1S/C9H7.2FH.Zr/c1-2-5-9-7-3-6-8(9)4-1;;;/h1-7H;2*1H;/q;;;+2/p-2. The summed E-state index contributed by atoms with van der Waals surface area (Å²) in [6, 6.07) is 8.60. The van der Waals surface area contributed by atoms with Gasteiger partial charge < -0.3 is 9.41 Å². The molecule has 12 heavy (non-hydrogen) atoms. The predicted molar refractivity (Wildman–Crippen MR) is 38.2 cm³/mol. The van der Waals surface area contributed by atoms with Gasteiger partial charge in [0.2, 0.25) is 0 Å². The van der Waals surface area contributed by atoms with Crippen LogP contribution in [-0.2, 0) is 24.7 Å². The summed E-state index contributed by atoms with van der Waals surface area (Å²) in [6.07, 6.45) is 4.50. The molecule has 0 fully saturated rings. The molecule has 0 nitrogen and oxygen atoms in total. The second kappa shape index (κ2) is 4.66. The van der Waals surface area contributed by atoms with Gasteiger partial charge in [0.05, 0.1) is 0 Å². The summed E-state index contributed by atoms with van der Waals surface area (Å²) in [6.45, 7) is 0. The van der Waals surface area contributed by atoms with E-state index in [1.54, 1.807) is 24.7 Å². The fourth-order valence-corrected chi connectivity index (χ4v) is 2.13. The zero-order chi connectivity index (χ0) is 6.97. The van der Waals surface area contributed by atoms with Gasteiger partial charge in [0, 0.05) is 0 Å². The van der Waals surface area contributed by atoms with Crippen LogP contribution in [0.3, 0.4) is 0 Å². The molecule has 0 aliphatic heterocycles. The van der Waals surface area contributed by atoms with Crippen LogP contribution in [0.25, 0.3) is 6.08 Å². The third kappa shape index (κ3) is 1.89. The van der Waals surface area contributed by atoms with E-state index >= 15 is 0 Å². The maximum atomic E-state index is 2.28. The Morgan fingerprint density at radius 1 is 1.08 bits per heavy atom. The molecule has 0 N–H and O–H groups in total. The number of fused-ring (bicyclic) bond motifs is 1. The van der Waals surface area contributed by atoms with E-state index in [0.29, 0.717) is 3.63 Å². The molecule has 1 aliphatic rings. The second-order valence-electron chi connectivity index (χ2n) is 2.47. The molecular formula is C9H7F2Zr. The van der Waals surface area contributed by atoms with E-state index in [0.717, 1.165) is 0 Å². The van der Waals surface area contributed by atoms with Gasteiger partial charge in [0.25, 0.3) is 0 Å². The molecule has 0 amide bonds. The Labute approximate surface area is 85.3 Å². The van der Waals surface area contributed by atoms with Gasteiger partial charge in [0.15, 0.2) is 0 Å². The van der Waals surface area contributed by atoms with E-state index in [2.05, 4.69) is 36.4 Å². The Morgan fingerprint density at radius 2 is 1.75 bits per heavy atom. The van der Waals surface area contributed by atoms with Crippen molar-refractivity contribution in [1.82, 2.24) is 0 Å². The van der Waals surface area contributed by atoms with E-state index in [-0.39, 0.29) is 9.41 Å². The molecule has 1 unspecified atom stereocenters. The molecule has 1 atom stereocenters. The normalized spacial score (nSPS) is 17.7. The molecule has 0 radical (unpaired) electrons. The van der Waals surface area contributed by atoms with Gasteiger partial charge in [-0.25, -0.2) is 0 Å². The quantitative estimate of drug-likeness (QED) is 0.441. The summed E-state index contributed by atoms with van der Waals surface area (Å²) in [4.78, 5) is 0. The first-order valence-electron chi connectivity index (χ1n) is 3.36. The Kier molecular flexibility index (Phi) is 4.55. The molecule has 1 aliphatic carbocycles. The van der Waals surface area contributed by atoms with Gasteiger partial charge in [-0.2, -0.15) is 0 Å². The first-order valence-corrected chi connectivity index (χ1v) is 4.78. The molecule has 1 aromatic carbocycles. The third-order valence-electron chi connectivity index (χ3n) is 1.80. The summed E-state index contributed by atoms with van der Waals surface area (Å²) < 4.78 is 0.711. The van der Waals surface area contributed by atoms with Gasteiger partial charge in [-0.3, -0.25) is 0 Å². The van der Waals surface area contributed by atoms with Crippen LogP contribution in [0.5, 0.6) is 0 Å². The number of allylic oxidation sites excluding steroid dienone is 1. The van der Waals surface area contributed by atoms with E-state index in [1.807, 2.05) is 0 Å². The average molecular weight is 244 g/mol. The van der Waals surface area contributed by atoms with E-state index in [1.165, 1.54) is 11.1 Å². The molecule has 3 heteroatoms. The SMILES string of the molecule is [F-].[F-].[Zr+2][CH]1C=Cc2ccccc21. The van der Waals surface area contributed by atoms with Crippen molar-refractivity contribution in [2.75, 3.05) is 0 Å². The molecule has 2 rings (SSSR count). The number of benzene rings is 1. The van der Waals surface area contributed by atoms with Crippen molar-refractivity contribution in [2.45, 2.75) is 3.63 Å².